The predicted octanol–water partition coefficient (Wildman–Crippen LogP) is 2.95. The van der Waals surface area contributed by atoms with Crippen LogP contribution in [0.2, 0.25) is 0 Å². The fourth-order valence-electron chi connectivity index (χ4n) is 3.81. The van der Waals surface area contributed by atoms with Gasteiger partial charge in [0.15, 0.2) is 0 Å². The quantitative estimate of drug-likeness (QED) is 0.728. The van der Waals surface area contributed by atoms with Gasteiger partial charge in [0.2, 0.25) is 15.9 Å². The summed E-state index contributed by atoms with van der Waals surface area (Å²) in [5.41, 5.74) is 3.01. The Morgan fingerprint density at radius 1 is 1.03 bits per heavy atom. The van der Waals surface area contributed by atoms with E-state index in [-0.39, 0.29) is 11.7 Å². The number of rotatable bonds is 5. The molecule has 162 valence electrons. The van der Waals surface area contributed by atoms with E-state index in [1.54, 1.807) is 42.2 Å². The zero-order valence-corrected chi connectivity index (χ0v) is 18.6. The van der Waals surface area contributed by atoms with Crippen LogP contribution in [0.1, 0.15) is 18.1 Å². The van der Waals surface area contributed by atoms with Crippen molar-refractivity contribution in [3.05, 3.63) is 59.4 Å². The molecule has 1 saturated heterocycles. The van der Waals surface area contributed by atoms with Crippen LogP contribution in [0.25, 0.3) is 0 Å². The fraction of sp³-hybridized carbons (Fsp3) is 0.409. The first-order valence-electron chi connectivity index (χ1n) is 9.94. The summed E-state index contributed by atoms with van der Waals surface area (Å²) in [4.78, 5) is 16.7. The molecule has 8 heteroatoms. The highest BCUT2D eigenvalue weighted by atomic mass is 32.2. The maximum atomic E-state index is 14.0. The van der Waals surface area contributed by atoms with Crippen molar-refractivity contribution in [2.45, 2.75) is 26.8 Å². The molecule has 1 fully saturated rings. The highest BCUT2D eigenvalue weighted by molar-refractivity contribution is 7.92. The van der Waals surface area contributed by atoms with E-state index in [2.05, 4.69) is 0 Å². The van der Waals surface area contributed by atoms with Gasteiger partial charge in [-0.2, -0.15) is 0 Å². The Bertz CT molecular complexity index is 1030. The minimum absolute atomic E-state index is 0.258. The number of piperazine rings is 1. The summed E-state index contributed by atoms with van der Waals surface area (Å²) in [7, 11) is -3.66. The SMILES string of the molecule is Cc1ccc(N(C(C)C(=O)N2CCN(c3ccccc3F)CC2)S(C)(=O)=O)cc1C. The Balaban J connectivity index is 1.76. The minimum Gasteiger partial charge on any atom is -0.366 e. The molecule has 0 aromatic heterocycles. The molecule has 1 heterocycles. The number of nitrogens with zero attached hydrogens (tertiary/aromatic N) is 3. The van der Waals surface area contributed by atoms with Gasteiger partial charge in [-0.15, -0.1) is 0 Å². The van der Waals surface area contributed by atoms with Gasteiger partial charge in [-0.25, -0.2) is 12.8 Å². The van der Waals surface area contributed by atoms with Crippen molar-refractivity contribution in [2.75, 3.05) is 41.6 Å². The summed E-state index contributed by atoms with van der Waals surface area (Å²) >= 11 is 0. The zero-order chi connectivity index (χ0) is 22.1. The van der Waals surface area contributed by atoms with Crippen LogP contribution >= 0.6 is 0 Å². The molecule has 0 aliphatic carbocycles. The Morgan fingerprint density at radius 2 is 1.67 bits per heavy atom. The smallest absolute Gasteiger partial charge is 0.246 e. The average molecular weight is 434 g/mol. The van der Waals surface area contributed by atoms with Crippen molar-refractivity contribution in [3.8, 4) is 0 Å². The largest absolute Gasteiger partial charge is 0.366 e. The zero-order valence-electron chi connectivity index (χ0n) is 17.8. The van der Waals surface area contributed by atoms with Crippen molar-refractivity contribution in [1.82, 2.24) is 4.90 Å². The molecule has 1 atom stereocenters. The predicted molar refractivity (Wildman–Crippen MR) is 118 cm³/mol. The van der Waals surface area contributed by atoms with Crippen LogP contribution in [0.15, 0.2) is 42.5 Å². The normalized spacial score (nSPS) is 15.8. The lowest BCUT2D eigenvalue weighted by Crippen LogP contribution is -2.55. The van der Waals surface area contributed by atoms with Crippen LogP contribution in [-0.2, 0) is 14.8 Å². The second kappa shape index (κ2) is 8.63. The number of carbonyl (C=O) groups is 1. The summed E-state index contributed by atoms with van der Waals surface area (Å²) in [6.45, 7) is 7.26. The van der Waals surface area contributed by atoms with Crippen LogP contribution in [-0.4, -0.2) is 57.7 Å². The highest BCUT2D eigenvalue weighted by Gasteiger charge is 2.33. The molecule has 1 aliphatic heterocycles. The van der Waals surface area contributed by atoms with Gasteiger partial charge in [0.25, 0.3) is 0 Å². The first-order chi connectivity index (χ1) is 14.1. The van der Waals surface area contributed by atoms with Crippen molar-refractivity contribution in [2.24, 2.45) is 0 Å². The molecule has 3 rings (SSSR count). The van der Waals surface area contributed by atoms with Crippen LogP contribution in [0.5, 0.6) is 0 Å². The van der Waals surface area contributed by atoms with Crippen LogP contribution in [0, 0.1) is 19.7 Å². The van der Waals surface area contributed by atoms with Crippen molar-refractivity contribution in [1.29, 1.82) is 0 Å². The van der Waals surface area contributed by atoms with Gasteiger partial charge in [0.1, 0.15) is 11.9 Å². The van der Waals surface area contributed by atoms with Crippen LogP contribution < -0.4 is 9.21 Å². The highest BCUT2D eigenvalue weighted by Crippen LogP contribution is 2.25. The lowest BCUT2D eigenvalue weighted by atomic mass is 10.1. The average Bonchev–Trinajstić information content (AvgIpc) is 2.70. The molecule has 1 amide bonds. The van der Waals surface area contributed by atoms with E-state index < -0.39 is 16.1 Å². The number of halogens is 1. The fourth-order valence-corrected chi connectivity index (χ4v) is 4.97. The van der Waals surface area contributed by atoms with Gasteiger partial charge in [-0.05, 0) is 56.2 Å². The number of sulfonamides is 1. The second-order valence-corrected chi connectivity index (χ2v) is 9.63. The van der Waals surface area contributed by atoms with Gasteiger partial charge in [-0.1, -0.05) is 18.2 Å². The molecule has 2 aromatic rings. The lowest BCUT2D eigenvalue weighted by Gasteiger charge is -2.39. The van der Waals surface area contributed by atoms with Gasteiger partial charge in [0, 0.05) is 26.2 Å². The van der Waals surface area contributed by atoms with Crippen LogP contribution in [0.3, 0.4) is 0 Å². The molecular formula is C22H28FN3O3S. The molecule has 1 aliphatic rings. The van der Waals surface area contributed by atoms with E-state index in [0.717, 1.165) is 17.4 Å². The van der Waals surface area contributed by atoms with E-state index in [1.165, 1.54) is 10.4 Å². The summed E-state index contributed by atoms with van der Waals surface area (Å²) in [5, 5.41) is 0. The molecule has 30 heavy (non-hydrogen) atoms. The number of anilines is 2. The van der Waals surface area contributed by atoms with Crippen molar-refractivity contribution in [3.63, 3.8) is 0 Å². The van der Waals surface area contributed by atoms with E-state index in [4.69, 9.17) is 0 Å². The van der Waals surface area contributed by atoms with Gasteiger partial charge >= 0.3 is 0 Å². The number of hydrogen-bond donors (Lipinski definition) is 0. The summed E-state index contributed by atoms with van der Waals surface area (Å²) < 4.78 is 40.3. The summed E-state index contributed by atoms with van der Waals surface area (Å²) in [5.74, 6) is -0.546. The molecule has 0 radical (unpaired) electrons. The summed E-state index contributed by atoms with van der Waals surface area (Å²) in [6, 6.07) is 11.1. The topological polar surface area (TPSA) is 60.9 Å². The maximum absolute atomic E-state index is 14.0. The Morgan fingerprint density at radius 3 is 2.23 bits per heavy atom. The molecular weight excluding hydrogens is 405 g/mol. The number of aryl methyl sites for hydroxylation is 2. The first kappa shape index (κ1) is 22.1. The molecule has 2 aromatic carbocycles. The van der Waals surface area contributed by atoms with E-state index in [1.807, 2.05) is 24.8 Å². The number of carbonyl (C=O) groups excluding carboxylic acids is 1. The third-order valence-electron chi connectivity index (χ3n) is 5.60. The van der Waals surface area contributed by atoms with E-state index in [0.29, 0.717) is 37.6 Å². The monoisotopic (exact) mass is 433 g/mol. The number of amides is 1. The number of hydrogen-bond acceptors (Lipinski definition) is 4. The van der Waals surface area contributed by atoms with E-state index in [9.17, 15) is 17.6 Å². The maximum Gasteiger partial charge on any atom is 0.246 e. The Labute approximate surface area is 177 Å². The number of para-hydroxylation sites is 1. The standard InChI is InChI=1S/C22H28FN3O3S/c1-16-9-10-19(15-17(16)2)26(30(4,28)29)18(3)22(27)25-13-11-24(12-14-25)21-8-6-5-7-20(21)23/h5-10,15,18H,11-14H2,1-4H3. The van der Waals surface area contributed by atoms with Gasteiger partial charge in [-0.3, -0.25) is 9.10 Å². The Hall–Kier alpha value is -2.61. The van der Waals surface area contributed by atoms with Crippen molar-refractivity contribution >= 4 is 27.3 Å². The van der Waals surface area contributed by atoms with Crippen molar-refractivity contribution < 1.29 is 17.6 Å². The molecule has 0 N–H and O–H groups in total. The van der Waals surface area contributed by atoms with Gasteiger partial charge in [0.05, 0.1) is 17.6 Å². The molecule has 0 spiro atoms. The number of benzene rings is 2. The van der Waals surface area contributed by atoms with Crippen LogP contribution in [0.4, 0.5) is 15.8 Å². The second-order valence-electron chi connectivity index (χ2n) is 7.77. The lowest BCUT2D eigenvalue weighted by molar-refractivity contribution is -0.132. The molecule has 6 nitrogen and oxygen atoms in total. The minimum atomic E-state index is -3.66. The van der Waals surface area contributed by atoms with E-state index >= 15 is 0 Å². The Kier molecular flexibility index (Phi) is 6.36. The third-order valence-corrected chi connectivity index (χ3v) is 6.84. The van der Waals surface area contributed by atoms with Gasteiger partial charge < -0.3 is 9.80 Å². The molecule has 0 saturated carbocycles. The molecule has 0 bridgehead atoms. The third kappa shape index (κ3) is 4.59. The summed E-state index contributed by atoms with van der Waals surface area (Å²) in [6.07, 6.45) is 1.11. The first-order valence-corrected chi connectivity index (χ1v) is 11.8. The molecule has 1 unspecified atom stereocenters.